The Balaban J connectivity index is 1.64. The third kappa shape index (κ3) is 4.67. The van der Waals surface area contributed by atoms with Crippen LogP contribution in [0.5, 0.6) is 0 Å². The lowest BCUT2D eigenvalue weighted by Gasteiger charge is -2.17. The van der Waals surface area contributed by atoms with Crippen LogP contribution in [0.15, 0.2) is 51.8 Å². The van der Waals surface area contributed by atoms with Crippen LogP contribution < -0.4 is 4.72 Å². The van der Waals surface area contributed by atoms with Crippen LogP contribution in [-0.4, -0.2) is 32.4 Å². The van der Waals surface area contributed by atoms with Crippen molar-refractivity contribution in [1.82, 2.24) is 9.62 Å². The van der Waals surface area contributed by atoms with Crippen LogP contribution in [-0.2, 0) is 16.6 Å². The number of nitrogens with zero attached hydrogens (tertiary/aromatic N) is 1. The molecule has 3 rings (SSSR count). The number of nitrogens with one attached hydrogen (secondary N) is 1. The van der Waals surface area contributed by atoms with Gasteiger partial charge in [-0.3, -0.25) is 4.90 Å². The molecule has 7 heteroatoms. The molecular weight excluding hydrogens is 407 g/mol. The average molecular weight is 427 g/mol. The van der Waals surface area contributed by atoms with Crippen molar-refractivity contribution in [3.8, 4) is 0 Å². The second kappa shape index (κ2) is 7.53. The number of halogens is 2. The van der Waals surface area contributed by atoms with E-state index in [1.54, 1.807) is 6.92 Å². The molecule has 0 amide bonds. The highest BCUT2D eigenvalue weighted by molar-refractivity contribution is 9.10. The average Bonchev–Trinajstić information content (AvgIpc) is 2.98. The van der Waals surface area contributed by atoms with Crippen LogP contribution in [0.1, 0.15) is 17.5 Å². The van der Waals surface area contributed by atoms with Crippen LogP contribution in [0.3, 0.4) is 0 Å². The van der Waals surface area contributed by atoms with Gasteiger partial charge in [0.1, 0.15) is 5.82 Å². The molecule has 2 aromatic carbocycles. The molecule has 0 aliphatic carbocycles. The maximum atomic E-state index is 13.4. The molecule has 0 radical (unpaired) electrons. The van der Waals surface area contributed by atoms with E-state index in [0.29, 0.717) is 12.1 Å². The summed E-state index contributed by atoms with van der Waals surface area (Å²) in [6, 6.07) is 11.8. The summed E-state index contributed by atoms with van der Waals surface area (Å²) in [5.74, 6) is -0.547. The summed E-state index contributed by atoms with van der Waals surface area (Å²) in [5.41, 5.74) is 1.73. The van der Waals surface area contributed by atoms with Gasteiger partial charge < -0.3 is 0 Å². The second-order valence-corrected chi connectivity index (χ2v) is 8.98. The van der Waals surface area contributed by atoms with E-state index < -0.39 is 15.8 Å². The van der Waals surface area contributed by atoms with Gasteiger partial charge in [0, 0.05) is 30.1 Å². The predicted octanol–water partition coefficient (Wildman–Crippen LogP) is 3.45. The van der Waals surface area contributed by atoms with E-state index in [9.17, 15) is 12.8 Å². The minimum Gasteiger partial charge on any atom is -0.297 e. The monoisotopic (exact) mass is 426 g/mol. The van der Waals surface area contributed by atoms with E-state index in [2.05, 4.69) is 37.7 Å². The molecule has 2 aromatic rings. The first-order valence-electron chi connectivity index (χ1n) is 8.09. The minimum atomic E-state index is -3.72. The van der Waals surface area contributed by atoms with Crippen molar-refractivity contribution in [2.75, 3.05) is 13.1 Å². The predicted molar refractivity (Wildman–Crippen MR) is 99.3 cm³/mol. The second-order valence-electron chi connectivity index (χ2n) is 6.38. The summed E-state index contributed by atoms with van der Waals surface area (Å²) >= 11 is 3.42. The third-order valence-corrected chi connectivity index (χ3v) is 6.54. The minimum absolute atomic E-state index is 0.0128. The van der Waals surface area contributed by atoms with Gasteiger partial charge >= 0.3 is 0 Å². The molecule has 1 aliphatic heterocycles. The number of aryl methyl sites for hydroxylation is 1. The molecule has 1 aliphatic rings. The summed E-state index contributed by atoms with van der Waals surface area (Å²) in [4.78, 5) is 2.23. The molecular formula is C18H20BrFN2O2S. The Morgan fingerprint density at radius 3 is 2.68 bits per heavy atom. The summed E-state index contributed by atoms with van der Waals surface area (Å²) in [6.07, 6.45) is 0.740. The van der Waals surface area contributed by atoms with Crippen molar-refractivity contribution in [1.29, 1.82) is 0 Å². The van der Waals surface area contributed by atoms with Gasteiger partial charge in [0.25, 0.3) is 0 Å². The van der Waals surface area contributed by atoms with Gasteiger partial charge in [-0.25, -0.2) is 17.5 Å². The van der Waals surface area contributed by atoms with Crippen molar-refractivity contribution in [3.63, 3.8) is 0 Å². The molecule has 0 spiro atoms. The third-order valence-electron chi connectivity index (χ3n) is 4.35. The highest BCUT2D eigenvalue weighted by atomic mass is 79.9. The fourth-order valence-electron chi connectivity index (χ4n) is 3.07. The Kier molecular flexibility index (Phi) is 5.58. The lowest BCUT2D eigenvalue weighted by Crippen LogP contribution is -2.37. The van der Waals surface area contributed by atoms with E-state index >= 15 is 0 Å². The van der Waals surface area contributed by atoms with Crippen LogP contribution in [0, 0.1) is 12.7 Å². The topological polar surface area (TPSA) is 49.4 Å². The zero-order valence-electron chi connectivity index (χ0n) is 13.9. The molecule has 1 fully saturated rings. The number of sulfonamides is 1. The van der Waals surface area contributed by atoms with Crippen molar-refractivity contribution >= 4 is 26.0 Å². The summed E-state index contributed by atoms with van der Waals surface area (Å²) in [5, 5.41) is 0. The zero-order valence-corrected chi connectivity index (χ0v) is 16.3. The molecule has 1 saturated heterocycles. The van der Waals surface area contributed by atoms with E-state index in [-0.39, 0.29) is 10.9 Å². The first-order chi connectivity index (χ1) is 11.8. The Morgan fingerprint density at radius 1 is 1.24 bits per heavy atom. The molecule has 1 heterocycles. The number of rotatable bonds is 5. The molecule has 134 valence electrons. The largest absolute Gasteiger partial charge is 0.297 e. The lowest BCUT2D eigenvalue weighted by molar-refractivity contribution is 0.324. The number of likely N-dealkylation sites (tertiary alicyclic amines) is 1. The van der Waals surface area contributed by atoms with Crippen molar-refractivity contribution < 1.29 is 12.8 Å². The fraction of sp³-hybridized carbons (Fsp3) is 0.333. The smallest absolute Gasteiger partial charge is 0.241 e. The van der Waals surface area contributed by atoms with Gasteiger partial charge in [-0.2, -0.15) is 0 Å². The molecule has 0 aromatic heterocycles. The highest BCUT2D eigenvalue weighted by Crippen LogP contribution is 2.20. The molecule has 4 nitrogen and oxygen atoms in total. The Morgan fingerprint density at radius 2 is 1.96 bits per heavy atom. The summed E-state index contributed by atoms with van der Waals surface area (Å²) in [6.45, 7) is 3.92. The van der Waals surface area contributed by atoms with Gasteiger partial charge in [-0.15, -0.1) is 0 Å². The zero-order chi connectivity index (χ0) is 18.0. The van der Waals surface area contributed by atoms with Crippen molar-refractivity contribution in [2.45, 2.75) is 30.8 Å². The maximum Gasteiger partial charge on any atom is 0.241 e. The van der Waals surface area contributed by atoms with Gasteiger partial charge in [0.2, 0.25) is 10.0 Å². The Bertz CT molecular complexity index is 856. The van der Waals surface area contributed by atoms with Crippen LogP contribution in [0.2, 0.25) is 0 Å². The highest BCUT2D eigenvalue weighted by Gasteiger charge is 2.28. The number of hydrogen-bond acceptors (Lipinski definition) is 3. The van der Waals surface area contributed by atoms with E-state index in [1.165, 1.54) is 17.7 Å². The maximum absolute atomic E-state index is 13.4. The SMILES string of the molecule is Cc1ccc(F)cc1S(=O)(=O)N[C@@H]1CCN(Cc2ccc(Br)cc2)C1. The first kappa shape index (κ1) is 18.5. The number of hydrogen-bond donors (Lipinski definition) is 1. The first-order valence-corrected chi connectivity index (χ1v) is 10.4. The van der Waals surface area contributed by atoms with Crippen molar-refractivity contribution in [3.05, 3.63) is 63.9 Å². The van der Waals surface area contributed by atoms with Crippen molar-refractivity contribution in [2.24, 2.45) is 0 Å². The van der Waals surface area contributed by atoms with Crippen LogP contribution in [0.4, 0.5) is 4.39 Å². The summed E-state index contributed by atoms with van der Waals surface area (Å²) < 4.78 is 42.3. The normalized spacial score (nSPS) is 18.6. The van der Waals surface area contributed by atoms with Gasteiger partial charge in [0.15, 0.2) is 0 Å². The van der Waals surface area contributed by atoms with Crippen LogP contribution in [0.25, 0.3) is 0 Å². The quantitative estimate of drug-likeness (QED) is 0.796. The van der Waals surface area contributed by atoms with Crippen LogP contribution >= 0.6 is 15.9 Å². The van der Waals surface area contributed by atoms with E-state index in [4.69, 9.17) is 0 Å². The number of benzene rings is 2. The Hall–Kier alpha value is -1.28. The molecule has 0 unspecified atom stereocenters. The fourth-order valence-corrected chi connectivity index (χ4v) is 4.85. The van der Waals surface area contributed by atoms with Gasteiger partial charge in [-0.05, 0) is 48.7 Å². The van der Waals surface area contributed by atoms with Gasteiger partial charge in [0.05, 0.1) is 4.90 Å². The van der Waals surface area contributed by atoms with E-state index in [0.717, 1.165) is 30.0 Å². The summed E-state index contributed by atoms with van der Waals surface area (Å²) in [7, 11) is -3.72. The Labute approximate surface area is 156 Å². The molecule has 0 saturated carbocycles. The molecule has 25 heavy (non-hydrogen) atoms. The molecule has 1 atom stereocenters. The molecule has 0 bridgehead atoms. The van der Waals surface area contributed by atoms with E-state index in [1.807, 2.05) is 12.1 Å². The molecule has 1 N–H and O–H groups in total. The lowest BCUT2D eigenvalue weighted by atomic mass is 10.2. The standard InChI is InChI=1S/C18H20BrFN2O2S/c1-13-2-7-16(20)10-18(13)25(23,24)21-17-8-9-22(12-17)11-14-3-5-15(19)6-4-14/h2-7,10,17,21H,8-9,11-12H2,1H3/t17-/m1/s1. The van der Waals surface area contributed by atoms with Gasteiger partial charge in [-0.1, -0.05) is 34.1 Å².